The lowest BCUT2D eigenvalue weighted by molar-refractivity contribution is -0.125. The van der Waals surface area contributed by atoms with Gasteiger partial charge in [-0.3, -0.25) is 14.4 Å². The molecular formula is C33H32F2N4O4. The van der Waals surface area contributed by atoms with Crippen LogP contribution in [0.2, 0.25) is 0 Å². The molecule has 0 saturated heterocycles. The topological polar surface area (TPSA) is 114 Å². The van der Waals surface area contributed by atoms with Crippen molar-refractivity contribution in [1.82, 2.24) is 5.32 Å². The van der Waals surface area contributed by atoms with E-state index in [9.17, 15) is 23.2 Å². The van der Waals surface area contributed by atoms with E-state index in [1.807, 2.05) is 18.2 Å². The lowest BCUT2D eigenvalue weighted by Crippen LogP contribution is -2.32. The Labute approximate surface area is 248 Å². The molecule has 0 unspecified atom stereocenters. The number of halogens is 2. The zero-order valence-corrected chi connectivity index (χ0v) is 23.6. The maximum absolute atomic E-state index is 13.9. The predicted octanol–water partition coefficient (Wildman–Crippen LogP) is 5.80. The molecule has 4 aromatic rings. The van der Waals surface area contributed by atoms with E-state index in [1.165, 1.54) is 17.9 Å². The Morgan fingerprint density at radius 3 is 2.23 bits per heavy atom. The molecule has 4 aromatic carbocycles. The number of benzene rings is 4. The molecule has 0 saturated carbocycles. The lowest BCUT2D eigenvalue weighted by Gasteiger charge is -2.25. The van der Waals surface area contributed by atoms with Gasteiger partial charge in [-0.05, 0) is 59.7 Å². The van der Waals surface area contributed by atoms with Crippen molar-refractivity contribution in [3.8, 4) is 11.5 Å². The second kappa shape index (κ2) is 14.7. The summed E-state index contributed by atoms with van der Waals surface area (Å²) >= 11 is 0. The number of nitrogens with two attached hydrogens (primary N) is 1. The fraction of sp³-hybridized carbons (Fsp3) is 0.182. The van der Waals surface area contributed by atoms with Gasteiger partial charge in [0.05, 0.1) is 12.2 Å². The highest BCUT2D eigenvalue weighted by Gasteiger charge is 2.22. The van der Waals surface area contributed by atoms with Crippen LogP contribution in [0.3, 0.4) is 0 Å². The van der Waals surface area contributed by atoms with Crippen LogP contribution in [0.15, 0.2) is 91.0 Å². The molecule has 43 heavy (non-hydrogen) atoms. The zero-order valence-electron chi connectivity index (χ0n) is 23.6. The van der Waals surface area contributed by atoms with Crippen LogP contribution in [-0.2, 0) is 34.0 Å². The molecule has 0 aliphatic rings. The van der Waals surface area contributed by atoms with Crippen molar-refractivity contribution in [2.45, 2.75) is 39.4 Å². The van der Waals surface area contributed by atoms with Gasteiger partial charge in [0.2, 0.25) is 17.7 Å². The SMILES string of the molecule is CC(=O)Nc1ccc(CN(C(=O)CCC(=O)NCc2c(F)cccc2F)c2ccccc2Oc2cccc(CN)c2)cc1. The number of nitrogens with zero attached hydrogens (tertiary/aromatic N) is 1. The molecule has 0 heterocycles. The summed E-state index contributed by atoms with van der Waals surface area (Å²) in [5.41, 5.74) is 8.26. The molecule has 0 aliphatic carbocycles. The first-order chi connectivity index (χ1) is 20.7. The molecule has 0 bridgehead atoms. The van der Waals surface area contributed by atoms with Crippen LogP contribution < -0.4 is 26.0 Å². The van der Waals surface area contributed by atoms with Crippen LogP contribution in [0.25, 0.3) is 0 Å². The summed E-state index contributed by atoms with van der Waals surface area (Å²) in [6.07, 6.45) is -0.374. The van der Waals surface area contributed by atoms with Crippen LogP contribution in [-0.4, -0.2) is 17.7 Å². The van der Waals surface area contributed by atoms with Gasteiger partial charge in [0, 0.05) is 44.1 Å². The third-order valence-corrected chi connectivity index (χ3v) is 6.52. The number of carbonyl (C=O) groups excluding carboxylic acids is 3. The molecule has 0 aliphatic heterocycles. The van der Waals surface area contributed by atoms with E-state index in [0.717, 1.165) is 23.3 Å². The Morgan fingerprint density at radius 2 is 1.53 bits per heavy atom. The molecule has 3 amide bonds. The van der Waals surface area contributed by atoms with Gasteiger partial charge in [0.25, 0.3) is 0 Å². The number of amides is 3. The number of carbonyl (C=O) groups is 3. The summed E-state index contributed by atoms with van der Waals surface area (Å²) in [5, 5.41) is 5.19. The molecule has 4 N–H and O–H groups in total. The molecule has 0 radical (unpaired) electrons. The summed E-state index contributed by atoms with van der Waals surface area (Å²) in [5.74, 6) is -1.67. The van der Waals surface area contributed by atoms with Gasteiger partial charge in [0.1, 0.15) is 17.4 Å². The Morgan fingerprint density at radius 1 is 0.837 bits per heavy atom. The molecule has 222 valence electrons. The number of ether oxygens (including phenoxy) is 1. The van der Waals surface area contributed by atoms with Gasteiger partial charge in [-0.2, -0.15) is 0 Å². The quantitative estimate of drug-likeness (QED) is 0.194. The molecule has 10 heteroatoms. The minimum Gasteiger partial charge on any atom is -0.455 e. The van der Waals surface area contributed by atoms with Gasteiger partial charge < -0.3 is 26.0 Å². The van der Waals surface area contributed by atoms with Gasteiger partial charge in [-0.1, -0.05) is 42.5 Å². The molecule has 0 spiro atoms. The fourth-order valence-corrected chi connectivity index (χ4v) is 4.35. The maximum atomic E-state index is 13.9. The van der Waals surface area contributed by atoms with Crippen LogP contribution in [0.1, 0.15) is 36.5 Å². The molecule has 0 fully saturated rings. The number of hydrogen-bond donors (Lipinski definition) is 3. The first kappa shape index (κ1) is 30.9. The Balaban J connectivity index is 1.54. The second-order valence-electron chi connectivity index (χ2n) is 9.76. The third-order valence-electron chi connectivity index (χ3n) is 6.52. The Bertz CT molecular complexity index is 1570. The van der Waals surface area contributed by atoms with Crippen LogP contribution in [0.5, 0.6) is 11.5 Å². The monoisotopic (exact) mass is 586 g/mol. The van der Waals surface area contributed by atoms with Crippen molar-refractivity contribution in [2.24, 2.45) is 5.73 Å². The third kappa shape index (κ3) is 8.70. The van der Waals surface area contributed by atoms with Crippen molar-refractivity contribution >= 4 is 29.1 Å². The Hall–Kier alpha value is -5.09. The van der Waals surface area contributed by atoms with Crippen molar-refractivity contribution in [2.75, 3.05) is 10.2 Å². The minimum atomic E-state index is -0.763. The molecule has 0 atom stereocenters. The van der Waals surface area contributed by atoms with Crippen molar-refractivity contribution in [1.29, 1.82) is 0 Å². The summed E-state index contributed by atoms with van der Waals surface area (Å²) in [6, 6.07) is 24.8. The van der Waals surface area contributed by atoms with Gasteiger partial charge >= 0.3 is 0 Å². The fourth-order valence-electron chi connectivity index (χ4n) is 4.35. The molecule has 4 rings (SSSR count). The first-order valence-electron chi connectivity index (χ1n) is 13.7. The van der Waals surface area contributed by atoms with Crippen molar-refractivity contribution in [3.63, 3.8) is 0 Å². The highest BCUT2D eigenvalue weighted by atomic mass is 19.1. The summed E-state index contributed by atoms with van der Waals surface area (Å²) in [4.78, 5) is 39.1. The van der Waals surface area contributed by atoms with E-state index in [-0.39, 0.29) is 43.3 Å². The zero-order chi connectivity index (χ0) is 30.8. The van der Waals surface area contributed by atoms with E-state index >= 15 is 0 Å². The van der Waals surface area contributed by atoms with E-state index in [1.54, 1.807) is 54.6 Å². The largest absolute Gasteiger partial charge is 0.455 e. The van der Waals surface area contributed by atoms with Crippen LogP contribution in [0, 0.1) is 11.6 Å². The highest BCUT2D eigenvalue weighted by Crippen LogP contribution is 2.34. The van der Waals surface area contributed by atoms with E-state index < -0.39 is 17.5 Å². The average Bonchev–Trinajstić information content (AvgIpc) is 2.99. The van der Waals surface area contributed by atoms with E-state index in [2.05, 4.69) is 10.6 Å². The highest BCUT2D eigenvalue weighted by molar-refractivity contribution is 5.96. The van der Waals surface area contributed by atoms with Crippen molar-refractivity contribution < 1.29 is 27.9 Å². The predicted molar refractivity (Wildman–Crippen MR) is 160 cm³/mol. The van der Waals surface area contributed by atoms with E-state index in [4.69, 9.17) is 10.5 Å². The lowest BCUT2D eigenvalue weighted by atomic mass is 10.1. The number of nitrogens with one attached hydrogen (secondary N) is 2. The van der Waals surface area contributed by atoms with Gasteiger partial charge in [-0.25, -0.2) is 8.78 Å². The number of para-hydroxylation sites is 2. The normalized spacial score (nSPS) is 10.6. The first-order valence-corrected chi connectivity index (χ1v) is 13.7. The average molecular weight is 587 g/mol. The smallest absolute Gasteiger partial charge is 0.227 e. The van der Waals surface area contributed by atoms with E-state index in [0.29, 0.717) is 29.4 Å². The number of hydrogen-bond acceptors (Lipinski definition) is 5. The van der Waals surface area contributed by atoms with Crippen molar-refractivity contribution in [3.05, 3.63) is 119 Å². The standard InChI is InChI=1S/C33H32F2N4O4/c1-22(40)38-25-14-12-23(13-15-25)21-39(30-10-2-3-11-31(30)43-26-7-4-6-24(18-26)19-36)33(42)17-16-32(41)37-20-27-28(34)8-5-9-29(27)35/h2-15,18H,16-17,19-21,36H2,1H3,(H,37,41)(H,38,40). The number of anilines is 2. The number of rotatable bonds is 12. The molecule has 0 aromatic heterocycles. The summed E-state index contributed by atoms with van der Waals surface area (Å²) < 4.78 is 34.1. The maximum Gasteiger partial charge on any atom is 0.227 e. The second-order valence-corrected chi connectivity index (χ2v) is 9.76. The van der Waals surface area contributed by atoms with Gasteiger partial charge in [0.15, 0.2) is 5.75 Å². The van der Waals surface area contributed by atoms with Crippen LogP contribution in [0.4, 0.5) is 20.2 Å². The summed E-state index contributed by atoms with van der Waals surface area (Å²) in [7, 11) is 0. The Kier molecular flexibility index (Phi) is 10.5. The summed E-state index contributed by atoms with van der Waals surface area (Å²) in [6.45, 7) is 1.56. The van der Waals surface area contributed by atoms with Crippen LogP contribution >= 0.6 is 0 Å². The molecular weight excluding hydrogens is 554 g/mol. The minimum absolute atomic E-state index is 0.143. The van der Waals surface area contributed by atoms with Gasteiger partial charge in [-0.15, -0.1) is 0 Å². The molecule has 8 nitrogen and oxygen atoms in total.